The van der Waals surface area contributed by atoms with Crippen molar-refractivity contribution in [2.75, 3.05) is 16.2 Å². The van der Waals surface area contributed by atoms with Gasteiger partial charge in [0.05, 0.1) is 10.6 Å². The smallest absolute Gasteiger partial charge is 0.264 e. The summed E-state index contributed by atoms with van der Waals surface area (Å²) in [5, 5.41) is 3.37. The highest BCUT2D eigenvalue weighted by molar-refractivity contribution is 7.92. The summed E-state index contributed by atoms with van der Waals surface area (Å²) in [5.41, 5.74) is 2.71. The van der Waals surface area contributed by atoms with Gasteiger partial charge in [0.25, 0.3) is 10.0 Å². The molecule has 31 heavy (non-hydrogen) atoms. The zero-order chi connectivity index (χ0) is 22.6. The lowest BCUT2D eigenvalue weighted by Crippen LogP contribution is -2.38. The normalized spacial score (nSPS) is 11.4. The molecule has 0 aliphatic heterocycles. The fourth-order valence-electron chi connectivity index (χ4n) is 3.35. The Labute approximate surface area is 188 Å². The van der Waals surface area contributed by atoms with Gasteiger partial charge >= 0.3 is 0 Å². The maximum absolute atomic E-state index is 13.4. The van der Waals surface area contributed by atoms with Crippen LogP contribution in [-0.4, -0.2) is 20.9 Å². The van der Waals surface area contributed by atoms with Gasteiger partial charge < -0.3 is 5.32 Å². The number of para-hydroxylation sites is 1. The lowest BCUT2D eigenvalue weighted by molar-refractivity contribution is -0.114. The second-order valence-corrected chi connectivity index (χ2v) is 9.84. The summed E-state index contributed by atoms with van der Waals surface area (Å²) < 4.78 is 28.0. The summed E-state index contributed by atoms with van der Waals surface area (Å²) in [6.45, 7) is 5.47. The first kappa shape index (κ1) is 22.8. The molecule has 0 aliphatic rings. The largest absolute Gasteiger partial charge is 0.324 e. The first-order chi connectivity index (χ1) is 14.7. The fraction of sp³-hybridized carbons (Fsp3) is 0.208. The Morgan fingerprint density at radius 2 is 1.65 bits per heavy atom. The molecule has 0 atom stereocenters. The Morgan fingerprint density at radius 3 is 2.29 bits per heavy atom. The number of rotatable bonds is 7. The lowest BCUT2D eigenvalue weighted by Gasteiger charge is -2.26. The summed E-state index contributed by atoms with van der Waals surface area (Å²) in [6.07, 6.45) is 0. The number of benzene rings is 3. The topological polar surface area (TPSA) is 66.5 Å². The molecule has 0 bridgehead atoms. The van der Waals surface area contributed by atoms with Gasteiger partial charge in [0.2, 0.25) is 5.91 Å². The van der Waals surface area contributed by atoms with Gasteiger partial charge in [-0.1, -0.05) is 61.8 Å². The van der Waals surface area contributed by atoms with Crippen LogP contribution in [0.25, 0.3) is 0 Å². The zero-order valence-electron chi connectivity index (χ0n) is 17.7. The van der Waals surface area contributed by atoms with Crippen LogP contribution in [0.2, 0.25) is 5.02 Å². The molecule has 3 rings (SSSR count). The number of aryl methyl sites for hydroxylation is 1. The highest BCUT2D eigenvalue weighted by Gasteiger charge is 2.28. The molecule has 0 unspecified atom stereocenters. The van der Waals surface area contributed by atoms with E-state index in [0.717, 1.165) is 9.87 Å². The molecule has 162 valence electrons. The molecular weight excluding hydrogens is 432 g/mol. The Hall–Kier alpha value is -2.83. The predicted octanol–water partition coefficient (Wildman–Crippen LogP) is 5.61. The van der Waals surface area contributed by atoms with E-state index in [2.05, 4.69) is 5.32 Å². The van der Waals surface area contributed by atoms with Crippen molar-refractivity contribution in [3.05, 3.63) is 88.9 Å². The molecule has 5 nitrogen and oxygen atoms in total. The van der Waals surface area contributed by atoms with Crippen LogP contribution in [0.4, 0.5) is 11.4 Å². The molecule has 1 amide bonds. The van der Waals surface area contributed by atoms with Crippen molar-refractivity contribution in [1.29, 1.82) is 0 Å². The van der Waals surface area contributed by atoms with Gasteiger partial charge in [-0.05, 0) is 60.4 Å². The number of nitrogens with zero attached hydrogens (tertiary/aromatic N) is 1. The van der Waals surface area contributed by atoms with E-state index in [4.69, 9.17) is 11.6 Å². The first-order valence-electron chi connectivity index (χ1n) is 9.93. The molecule has 0 aliphatic carbocycles. The molecule has 0 saturated carbocycles. The van der Waals surface area contributed by atoms with Gasteiger partial charge in [-0.25, -0.2) is 8.42 Å². The Kier molecular flexibility index (Phi) is 7.03. The number of sulfonamides is 1. The minimum Gasteiger partial charge on any atom is -0.324 e. The van der Waals surface area contributed by atoms with E-state index in [1.807, 2.05) is 38.1 Å². The molecule has 3 aromatic rings. The lowest BCUT2D eigenvalue weighted by atomic mass is 10.0. The SMILES string of the molecule is Cc1cc(Cl)ccc1N(CC(=O)Nc1ccccc1C(C)C)S(=O)(=O)c1ccccc1. The van der Waals surface area contributed by atoms with E-state index >= 15 is 0 Å². The zero-order valence-corrected chi connectivity index (χ0v) is 19.2. The van der Waals surface area contributed by atoms with E-state index in [1.54, 1.807) is 43.3 Å². The van der Waals surface area contributed by atoms with Crippen molar-refractivity contribution < 1.29 is 13.2 Å². The summed E-state index contributed by atoms with van der Waals surface area (Å²) in [7, 11) is -3.97. The molecule has 0 spiro atoms. The van der Waals surface area contributed by atoms with E-state index in [9.17, 15) is 13.2 Å². The number of nitrogens with one attached hydrogen (secondary N) is 1. The van der Waals surface area contributed by atoms with Gasteiger partial charge in [0.1, 0.15) is 6.54 Å². The predicted molar refractivity (Wildman–Crippen MR) is 126 cm³/mol. The number of amides is 1. The maximum atomic E-state index is 13.4. The van der Waals surface area contributed by atoms with Crippen LogP contribution in [0.15, 0.2) is 77.7 Å². The van der Waals surface area contributed by atoms with Gasteiger partial charge in [-0.3, -0.25) is 9.10 Å². The molecular formula is C24H25ClN2O3S. The van der Waals surface area contributed by atoms with Crippen molar-refractivity contribution in [2.24, 2.45) is 0 Å². The summed E-state index contributed by atoms with van der Waals surface area (Å²) in [5.74, 6) is -0.221. The monoisotopic (exact) mass is 456 g/mol. The van der Waals surface area contributed by atoms with E-state index in [1.165, 1.54) is 12.1 Å². The molecule has 0 radical (unpaired) electrons. The van der Waals surface area contributed by atoms with Gasteiger partial charge in [-0.15, -0.1) is 0 Å². The minimum atomic E-state index is -3.97. The van der Waals surface area contributed by atoms with Crippen LogP contribution in [0.3, 0.4) is 0 Å². The second-order valence-electron chi connectivity index (χ2n) is 7.55. The third-order valence-corrected chi connectivity index (χ3v) is 6.91. The third kappa shape index (κ3) is 5.27. The van der Waals surface area contributed by atoms with Gasteiger partial charge in [0.15, 0.2) is 0 Å². The second kappa shape index (κ2) is 9.54. The van der Waals surface area contributed by atoms with Crippen molar-refractivity contribution in [1.82, 2.24) is 0 Å². The van der Waals surface area contributed by atoms with Crippen molar-refractivity contribution in [2.45, 2.75) is 31.6 Å². The molecule has 0 saturated heterocycles. The molecule has 1 N–H and O–H groups in total. The van der Waals surface area contributed by atoms with Crippen LogP contribution < -0.4 is 9.62 Å². The third-order valence-electron chi connectivity index (χ3n) is 4.90. The van der Waals surface area contributed by atoms with Crippen molar-refractivity contribution >= 4 is 38.9 Å². The van der Waals surface area contributed by atoms with Crippen molar-refractivity contribution in [3.63, 3.8) is 0 Å². The minimum absolute atomic E-state index is 0.111. The summed E-state index contributed by atoms with van der Waals surface area (Å²) in [4.78, 5) is 13.1. The Morgan fingerprint density at radius 1 is 1.00 bits per heavy atom. The van der Waals surface area contributed by atoms with Crippen LogP contribution in [0.5, 0.6) is 0 Å². The quantitative estimate of drug-likeness (QED) is 0.502. The number of halogens is 1. The van der Waals surface area contributed by atoms with Crippen LogP contribution >= 0.6 is 11.6 Å². The highest BCUT2D eigenvalue weighted by Crippen LogP contribution is 2.29. The van der Waals surface area contributed by atoms with Crippen LogP contribution in [0.1, 0.15) is 30.9 Å². The number of anilines is 2. The molecule has 7 heteroatoms. The molecule has 0 fully saturated rings. The fourth-order valence-corrected chi connectivity index (χ4v) is 5.09. The molecule has 0 heterocycles. The average molecular weight is 457 g/mol. The van der Waals surface area contributed by atoms with Crippen LogP contribution in [-0.2, 0) is 14.8 Å². The van der Waals surface area contributed by atoms with Crippen molar-refractivity contribution in [3.8, 4) is 0 Å². The number of carbonyl (C=O) groups excluding carboxylic acids is 1. The van der Waals surface area contributed by atoms with Gasteiger partial charge in [0, 0.05) is 10.7 Å². The highest BCUT2D eigenvalue weighted by atomic mass is 35.5. The summed E-state index contributed by atoms with van der Waals surface area (Å²) in [6, 6.07) is 20.5. The number of carbonyl (C=O) groups is 1. The molecule has 3 aromatic carbocycles. The van der Waals surface area contributed by atoms with E-state index in [0.29, 0.717) is 22.0 Å². The van der Waals surface area contributed by atoms with E-state index in [-0.39, 0.29) is 17.4 Å². The Balaban J connectivity index is 1.99. The standard InChI is InChI=1S/C24H25ClN2O3S/c1-17(2)21-11-7-8-12-22(21)26-24(28)16-27(23-14-13-19(25)15-18(23)3)31(29,30)20-9-5-4-6-10-20/h4-15,17H,16H2,1-3H3,(H,26,28). The number of hydrogen-bond donors (Lipinski definition) is 1. The maximum Gasteiger partial charge on any atom is 0.264 e. The van der Waals surface area contributed by atoms with E-state index < -0.39 is 15.9 Å². The van der Waals surface area contributed by atoms with Crippen LogP contribution in [0, 0.1) is 6.92 Å². The molecule has 0 aromatic heterocycles. The summed E-state index contributed by atoms with van der Waals surface area (Å²) >= 11 is 6.07. The first-order valence-corrected chi connectivity index (χ1v) is 11.7. The number of hydrogen-bond acceptors (Lipinski definition) is 3. The average Bonchev–Trinajstić information content (AvgIpc) is 2.73. The Bertz CT molecular complexity index is 1180. The van der Waals surface area contributed by atoms with Gasteiger partial charge in [-0.2, -0.15) is 0 Å².